The van der Waals surface area contributed by atoms with Gasteiger partial charge in [0, 0.05) is 19.6 Å². The van der Waals surface area contributed by atoms with Gasteiger partial charge in [-0.15, -0.1) is 11.3 Å². The number of benzene rings is 2. The Morgan fingerprint density at radius 2 is 2.00 bits per heavy atom. The third-order valence-corrected chi connectivity index (χ3v) is 6.35. The molecule has 2 heterocycles. The van der Waals surface area contributed by atoms with Crippen molar-refractivity contribution >= 4 is 27.5 Å². The van der Waals surface area contributed by atoms with E-state index in [1.165, 1.54) is 17.4 Å². The number of thiazole rings is 1. The van der Waals surface area contributed by atoms with Gasteiger partial charge in [0.25, 0.3) is 0 Å². The Labute approximate surface area is 169 Å². The van der Waals surface area contributed by atoms with Gasteiger partial charge in [0.1, 0.15) is 10.5 Å². The van der Waals surface area contributed by atoms with Crippen LogP contribution in [0.2, 0.25) is 0 Å². The van der Waals surface area contributed by atoms with E-state index >= 15 is 0 Å². The van der Waals surface area contributed by atoms with Crippen molar-refractivity contribution in [1.82, 2.24) is 15.2 Å². The van der Waals surface area contributed by atoms with E-state index in [0.29, 0.717) is 13.1 Å². The third kappa shape index (κ3) is 4.09. The molecule has 0 amide bonds. The van der Waals surface area contributed by atoms with Gasteiger partial charge in [0.15, 0.2) is 0 Å². The molecular formula is C22H25N3O2S. The number of carbonyl (C=O) groups excluding carboxylic acids is 1. The number of piperidine rings is 1. The molecule has 0 aliphatic carbocycles. The van der Waals surface area contributed by atoms with Crippen LogP contribution < -0.4 is 5.32 Å². The van der Waals surface area contributed by atoms with Gasteiger partial charge in [-0.1, -0.05) is 42.5 Å². The minimum atomic E-state index is -0.695. The summed E-state index contributed by atoms with van der Waals surface area (Å²) in [6, 6.07) is 18.5. The van der Waals surface area contributed by atoms with E-state index in [4.69, 9.17) is 9.72 Å². The fourth-order valence-electron chi connectivity index (χ4n) is 3.94. The van der Waals surface area contributed by atoms with Crippen molar-refractivity contribution in [3.05, 3.63) is 65.2 Å². The van der Waals surface area contributed by atoms with Gasteiger partial charge < -0.3 is 4.74 Å². The van der Waals surface area contributed by atoms with Gasteiger partial charge in [-0.25, -0.2) is 4.98 Å². The highest BCUT2D eigenvalue weighted by molar-refractivity contribution is 7.18. The van der Waals surface area contributed by atoms with Gasteiger partial charge in [-0.3, -0.25) is 15.0 Å². The number of esters is 1. The summed E-state index contributed by atoms with van der Waals surface area (Å²) >= 11 is 1.67. The van der Waals surface area contributed by atoms with Crippen molar-refractivity contribution < 1.29 is 9.53 Å². The maximum absolute atomic E-state index is 12.8. The van der Waals surface area contributed by atoms with E-state index < -0.39 is 5.54 Å². The molecule has 1 aromatic heterocycles. The van der Waals surface area contributed by atoms with Crippen LogP contribution in [0.25, 0.3) is 10.2 Å². The molecule has 0 saturated carbocycles. The summed E-state index contributed by atoms with van der Waals surface area (Å²) in [4.78, 5) is 19.8. The molecule has 0 unspecified atom stereocenters. The highest BCUT2D eigenvalue weighted by Gasteiger charge is 2.43. The zero-order chi connectivity index (χ0) is 19.4. The molecule has 4 rings (SSSR count). The maximum Gasteiger partial charge on any atom is 0.327 e. The minimum Gasteiger partial charge on any atom is -0.468 e. The first-order chi connectivity index (χ1) is 13.7. The van der Waals surface area contributed by atoms with E-state index in [0.717, 1.165) is 36.5 Å². The fraction of sp³-hybridized carbons (Fsp3) is 0.364. The normalized spacial score (nSPS) is 20.3. The second-order valence-corrected chi connectivity index (χ2v) is 8.42. The van der Waals surface area contributed by atoms with E-state index in [-0.39, 0.29) is 5.97 Å². The van der Waals surface area contributed by atoms with E-state index in [2.05, 4.69) is 40.5 Å². The summed E-state index contributed by atoms with van der Waals surface area (Å²) in [6.45, 7) is 3.02. The van der Waals surface area contributed by atoms with Crippen molar-refractivity contribution in [3.63, 3.8) is 0 Å². The van der Waals surface area contributed by atoms with Crippen LogP contribution >= 0.6 is 11.3 Å². The molecule has 1 saturated heterocycles. The first kappa shape index (κ1) is 19.1. The Morgan fingerprint density at radius 3 is 2.79 bits per heavy atom. The molecule has 0 radical (unpaired) electrons. The highest BCUT2D eigenvalue weighted by atomic mass is 32.1. The second-order valence-electron chi connectivity index (χ2n) is 7.30. The maximum atomic E-state index is 12.8. The van der Waals surface area contributed by atoms with Gasteiger partial charge in [0.2, 0.25) is 0 Å². The smallest absolute Gasteiger partial charge is 0.327 e. The molecular weight excluding hydrogens is 370 g/mol. The van der Waals surface area contributed by atoms with Gasteiger partial charge in [0.05, 0.1) is 17.3 Å². The summed E-state index contributed by atoms with van der Waals surface area (Å²) < 4.78 is 6.36. The van der Waals surface area contributed by atoms with Gasteiger partial charge in [-0.05, 0) is 37.1 Å². The van der Waals surface area contributed by atoms with Crippen LogP contribution in [-0.4, -0.2) is 41.6 Å². The van der Waals surface area contributed by atoms with Gasteiger partial charge >= 0.3 is 5.97 Å². The van der Waals surface area contributed by atoms with E-state index in [9.17, 15) is 4.79 Å². The van der Waals surface area contributed by atoms with Crippen molar-refractivity contribution in [2.45, 2.75) is 31.5 Å². The molecule has 28 heavy (non-hydrogen) atoms. The van der Waals surface area contributed by atoms with Crippen molar-refractivity contribution in [3.8, 4) is 0 Å². The predicted octanol–water partition coefficient (Wildman–Crippen LogP) is 3.59. The molecule has 2 aromatic carbocycles. The Morgan fingerprint density at radius 1 is 1.21 bits per heavy atom. The van der Waals surface area contributed by atoms with Crippen LogP contribution in [0, 0.1) is 0 Å². The van der Waals surface area contributed by atoms with Crippen LogP contribution in [0.5, 0.6) is 0 Å². The molecule has 5 nitrogen and oxygen atoms in total. The molecule has 3 aromatic rings. The fourth-order valence-corrected chi connectivity index (χ4v) is 4.85. The lowest BCUT2D eigenvalue weighted by atomic mass is 9.88. The number of para-hydroxylation sites is 1. The molecule has 1 N–H and O–H groups in total. The molecule has 0 bridgehead atoms. The number of methoxy groups -OCH3 is 1. The Bertz CT molecular complexity index is 910. The number of carbonyl (C=O) groups is 1. The third-order valence-electron chi connectivity index (χ3n) is 5.31. The lowest BCUT2D eigenvalue weighted by molar-refractivity contribution is -0.151. The van der Waals surface area contributed by atoms with Crippen LogP contribution in [0.4, 0.5) is 0 Å². The largest absolute Gasteiger partial charge is 0.468 e. The number of likely N-dealkylation sites (tertiary alicyclic amines) is 1. The topological polar surface area (TPSA) is 54.5 Å². The SMILES string of the molecule is COC(=O)[C@]1(NCc2nc3ccccc3s2)CCCN(Cc2ccccc2)C1. The standard InChI is InChI=1S/C22H25N3O2S/c1-27-21(26)22(23-14-20-24-18-10-5-6-11-19(18)28-20)12-7-13-25(16-22)15-17-8-3-2-4-9-17/h2-6,8-11,23H,7,12-16H2,1H3/t22-/m0/s1. The number of nitrogens with zero attached hydrogens (tertiary/aromatic N) is 2. The number of aromatic nitrogens is 1. The molecule has 1 aliphatic heterocycles. The number of rotatable bonds is 6. The summed E-state index contributed by atoms with van der Waals surface area (Å²) in [7, 11) is 1.47. The summed E-state index contributed by atoms with van der Waals surface area (Å²) in [5.74, 6) is -0.189. The molecule has 0 spiro atoms. The number of nitrogens with one attached hydrogen (secondary N) is 1. The van der Waals surface area contributed by atoms with E-state index in [1.54, 1.807) is 11.3 Å². The zero-order valence-electron chi connectivity index (χ0n) is 16.1. The van der Waals surface area contributed by atoms with Crippen molar-refractivity contribution in [1.29, 1.82) is 0 Å². The van der Waals surface area contributed by atoms with Gasteiger partial charge in [-0.2, -0.15) is 0 Å². The van der Waals surface area contributed by atoms with Crippen molar-refractivity contribution in [2.24, 2.45) is 0 Å². The number of ether oxygens (including phenoxy) is 1. The molecule has 6 heteroatoms. The van der Waals surface area contributed by atoms with E-state index in [1.807, 2.05) is 24.3 Å². The molecule has 1 aliphatic rings. The minimum absolute atomic E-state index is 0.189. The monoisotopic (exact) mass is 395 g/mol. The first-order valence-corrected chi connectivity index (χ1v) is 10.4. The lowest BCUT2D eigenvalue weighted by Crippen LogP contribution is -2.61. The quantitative estimate of drug-likeness (QED) is 0.647. The van der Waals surface area contributed by atoms with Crippen LogP contribution in [0.15, 0.2) is 54.6 Å². The Hall–Kier alpha value is -2.28. The Balaban J connectivity index is 1.49. The number of hydrogen-bond acceptors (Lipinski definition) is 6. The molecule has 1 fully saturated rings. The average molecular weight is 396 g/mol. The summed E-state index contributed by atoms with van der Waals surface area (Å²) in [5.41, 5.74) is 1.57. The zero-order valence-corrected chi connectivity index (χ0v) is 16.9. The number of hydrogen-bond donors (Lipinski definition) is 1. The Kier molecular flexibility index (Phi) is 5.71. The van der Waals surface area contributed by atoms with Crippen LogP contribution in [0.3, 0.4) is 0 Å². The summed E-state index contributed by atoms with van der Waals surface area (Å²) in [5, 5.41) is 4.50. The highest BCUT2D eigenvalue weighted by Crippen LogP contribution is 2.27. The summed E-state index contributed by atoms with van der Waals surface area (Å²) in [6.07, 6.45) is 1.73. The average Bonchev–Trinajstić information content (AvgIpc) is 3.16. The van der Waals surface area contributed by atoms with Crippen LogP contribution in [-0.2, 0) is 22.6 Å². The first-order valence-electron chi connectivity index (χ1n) is 9.63. The lowest BCUT2D eigenvalue weighted by Gasteiger charge is -2.41. The second kappa shape index (κ2) is 8.39. The van der Waals surface area contributed by atoms with Crippen LogP contribution in [0.1, 0.15) is 23.4 Å². The molecule has 146 valence electrons. The van der Waals surface area contributed by atoms with Crippen molar-refractivity contribution in [2.75, 3.05) is 20.2 Å². The molecule has 1 atom stereocenters. The number of fused-ring (bicyclic) bond motifs is 1. The predicted molar refractivity (Wildman–Crippen MR) is 112 cm³/mol.